The lowest BCUT2D eigenvalue weighted by Crippen LogP contribution is -2.54. The van der Waals surface area contributed by atoms with E-state index in [9.17, 15) is 9.59 Å². The van der Waals surface area contributed by atoms with Gasteiger partial charge in [-0.15, -0.1) is 0 Å². The number of carbonyl (C=O) groups excluding carboxylic acids is 2. The van der Waals surface area contributed by atoms with Crippen LogP contribution in [0, 0.1) is 5.92 Å². The Morgan fingerprint density at radius 3 is 2.80 bits per heavy atom. The van der Waals surface area contributed by atoms with Crippen molar-refractivity contribution in [3.8, 4) is 0 Å². The standard InChI is InChI=1S/C19H21ClN2O3/c20-14-4-2-1-3-11(14)10-17-19(24)22-15-9-12(5-8-16(15)25-17)18(23)21-13-6-7-13/h1-4,10,12-13,15-16H,5-9H2,(H,21,23)(H,22,24)/b17-10+. The minimum atomic E-state index is -0.246. The van der Waals surface area contributed by atoms with Gasteiger partial charge in [-0.1, -0.05) is 29.8 Å². The molecule has 1 aromatic carbocycles. The van der Waals surface area contributed by atoms with Crippen LogP contribution in [-0.4, -0.2) is 30.0 Å². The van der Waals surface area contributed by atoms with Gasteiger partial charge < -0.3 is 15.4 Å². The summed E-state index contributed by atoms with van der Waals surface area (Å²) in [5.41, 5.74) is 0.755. The van der Waals surface area contributed by atoms with Crippen LogP contribution in [-0.2, 0) is 14.3 Å². The van der Waals surface area contributed by atoms with E-state index in [1.54, 1.807) is 12.1 Å². The summed E-state index contributed by atoms with van der Waals surface area (Å²) < 4.78 is 5.94. The van der Waals surface area contributed by atoms with Crippen LogP contribution in [0.4, 0.5) is 0 Å². The number of rotatable bonds is 3. The summed E-state index contributed by atoms with van der Waals surface area (Å²) in [5, 5.41) is 6.64. The van der Waals surface area contributed by atoms with E-state index in [1.165, 1.54) is 0 Å². The Labute approximate surface area is 151 Å². The van der Waals surface area contributed by atoms with Gasteiger partial charge in [-0.3, -0.25) is 9.59 Å². The van der Waals surface area contributed by atoms with Gasteiger partial charge in [0.25, 0.3) is 5.91 Å². The van der Waals surface area contributed by atoms with Crippen molar-refractivity contribution >= 4 is 29.5 Å². The zero-order valence-electron chi connectivity index (χ0n) is 13.8. The predicted octanol–water partition coefficient (Wildman–Crippen LogP) is 2.64. The van der Waals surface area contributed by atoms with Gasteiger partial charge in [0.15, 0.2) is 5.76 Å². The van der Waals surface area contributed by atoms with E-state index in [1.807, 2.05) is 18.2 Å². The Bertz CT molecular complexity index is 729. The van der Waals surface area contributed by atoms with Gasteiger partial charge in [0, 0.05) is 17.0 Å². The summed E-state index contributed by atoms with van der Waals surface area (Å²) >= 11 is 6.15. The highest BCUT2D eigenvalue weighted by atomic mass is 35.5. The number of nitrogens with one attached hydrogen (secondary N) is 2. The summed E-state index contributed by atoms with van der Waals surface area (Å²) in [4.78, 5) is 24.6. The van der Waals surface area contributed by atoms with Crippen molar-refractivity contribution in [2.24, 2.45) is 5.92 Å². The molecule has 3 aliphatic rings. The summed E-state index contributed by atoms with van der Waals surface area (Å²) in [6, 6.07) is 7.59. The molecule has 2 saturated carbocycles. The summed E-state index contributed by atoms with van der Waals surface area (Å²) in [5.74, 6) is 0.118. The van der Waals surface area contributed by atoms with Crippen LogP contribution in [0.15, 0.2) is 30.0 Å². The lowest BCUT2D eigenvalue weighted by atomic mass is 9.82. The summed E-state index contributed by atoms with van der Waals surface area (Å²) in [6.45, 7) is 0. The molecule has 4 rings (SSSR count). The Morgan fingerprint density at radius 2 is 2.04 bits per heavy atom. The fourth-order valence-electron chi connectivity index (χ4n) is 3.51. The number of ether oxygens (including phenoxy) is 1. The lowest BCUT2D eigenvalue weighted by Gasteiger charge is -2.39. The highest BCUT2D eigenvalue weighted by Gasteiger charge is 2.41. The van der Waals surface area contributed by atoms with Crippen molar-refractivity contribution in [1.82, 2.24) is 10.6 Å². The maximum absolute atomic E-state index is 12.4. The molecule has 3 atom stereocenters. The van der Waals surface area contributed by atoms with Crippen LogP contribution >= 0.6 is 11.6 Å². The molecule has 132 valence electrons. The minimum absolute atomic E-state index is 0.0418. The fourth-order valence-corrected chi connectivity index (χ4v) is 3.70. The lowest BCUT2D eigenvalue weighted by molar-refractivity contribution is -0.134. The van der Waals surface area contributed by atoms with Crippen molar-refractivity contribution in [2.45, 2.75) is 50.3 Å². The molecule has 2 amide bonds. The molecule has 1 aliphatic heterocycles. The van der Waals surface area contributed by atoms with E-state index >= 15 is 0 Å². The first-order chi connectivity index (χ1) is 12.1. The molecule has 2 N–H and O–H groups in total. The molecule has 1 heterocycles. The Kier molecular flexibility index (Phi) is 4.42. The Balaban J connectivity index is 1.43. The Hall–Kier alpha value is -2.01. The maximum Gasteiger partial charge on any atom is 0.286 e. The molecule has 0 bridgehead atoms. The second-order valence-electron chi connectivity index (χ2n) is 7.06. The summed E-state index contributed by atoms with van der Waals surface area (Å²) in [7, 11) is 0. The van der Waals surface area contributed by atoms with E-state index in [-0.39, 0.29) is 35.6 Å². The number of fused-ring (bicyclic) bond motifs is 1. The van der Waals surface area contributed by atoms with E-state index < -0.39 is 0 Å². The van der Waals surface area contributed by atoms with Gasteiger partial charge in [0.05, 0.1) is 6.04 Å². The summed E-state index contributed by atoms with van der Waals surface area (Å²) in [6.07, 6.45) is 5.94. The SMILES string of the molecule is O=C1NC2CC(C(=O)NC3CC3)CCC2O/C1=C/c1ccccc1Cl. The third-order valence-electron chi connectivity index (χ3n) is 5.09. The third kappa shape index (κ3) is 3.66. The molecular weight excluding hydrogens is 340 g/mol. The van der Waals surface area contributed by atoms with E-state index in [4.69, 9.17) is 16.3 Å². The van der Waals surface area contributed by atoms with Gasteiger partial charge >= 0.3 is 0 Å². The number of hydrogen-bond acceptors (Lipinski definition) is 3. The second kappa shape index (κ2) is 6.71. The first-order valence-corrected chi connectivity index (χ1v) is 9.22. The zero-order valence-corrected chi connectivity index (χ0v) is 14.6. The number of carbonyl (C=O) groups is 2. The molecule has 3 unspecified atom stereocenters. The third-order valence-corrected chi connectivity index (χ3v) is 5.44. The molecule has 1 saturated heterocycles. The number of halogens is 1. The Morgan fingerprint density at radius 1 is 1.24 bits per heavy atom. The number of hydrogen-bond donors (Lipinski definition) is 2. The highest BCUT2D eigenvalue weighted by molar-refractivity contribution is 6.32. The van der Waals surface area contributed by atoms with Crippen LogP contribution in [0.2, 0.25) is 5.02 Å². The van der Waals surface area contributed by atoms with E-state index in [2.05, 4.69) is 10.6 Å². The molecule has 0 aromatic heterocycles. The number of benzene rings is 1. The average Bonchev–Trinajstić information content (AvgIpc) is 3.41. The van der Waals surface area contributed by atoms with Crippen molar-refractivity contribution in [1.29, 1.82) is 0 Å². The molecule has 25 heavy (non-hydrogen) atoms. The van der Waals surface area contributed by atoms with Gasteiger partial charge in [-0.2, -0.15) is 0 Å². The van der Waals surface area contributed by atoms with Crippen LogP contribution in [0.1, 0.15) is 37.7 Å². The number of morpholine rings is 1. The first kappa shape index (κ1) is 16.5. The van der Waals surface area contributed by atoms with Crippen LogP contribution in [0.3, 0.4) is 0 Å². The van der Waals surface area contributed by atoms with Crippen LogP contribution < -0.4 is 10.6 Å². The molecule has 6 heteroatoms. The zero-order chi connectivity index (χ0) is 17.4. The smallest absolute Gasteiger partial charge is 0.286 e. The largest absolute Gasteiger partial charge is 0.483 e. The quantitative estimate of drug-likeness (QED) is 0.814. The molecule has 0 radical (unpaired) electrons. The number of amides is 2. The normalized spacial score (nSPS) is 30.2. The molecule has 3 fully saturated rings. The topological polar surface area (TPSA) is 67.4 Å². The van der Waals surface area contributed by atoms with E-state index in [0.717, 1.165) is 31.2 Å². The van der Waals surface area contributed by atoms with Gasteiger partial charge in [0.1, 0.15) is 6.10 Å². The van der Waals surface area contributed by atoms with Crippen LogP contribution in [0.25, 0.3) is 6.08 Å². The minimum Gasteiger partial charge on any atom is -0.483 e. The van der Waals surface area contributed by atoms with Gasteiger partial charge in [-0.25, -0.2) is 0 Å². The monoisotopic (exact) mass is 360 g/mol. The van der Waals surface area contributed by atoms with Crippen molar-refractivity contribution in [3.63, 3.8) is 0 Å². The first-order valence-electron chi connectivity index (χ1n) is 8.84. The van der Waals surface area contributed by atoms with Crippen molar-refractivity contribution in [3.05, 3.63) is 40.6 Å². The van der Waals surface area contributed by atoms with Gasteiger partial charge in [0.2, 0.25) is 5.91 Å². The van der Waals surface area contributed by atoms with Crippen molar-refractivity contribution < 1.29 is 14.3 Å². The maximum atomic E-state index is 12.4. The molecule has 0 spiro atoms. The molecule has 1 aromatic rings. The molecule has 2 aliphatic carbocycles. The van der Waals surface area contributed by atoms with Gasteiger partial charge in [-0.05, 0) is 49.8 Å². The average molecular weight is 361 g/mol. The highest BCUT2D eigenvalue weighted by Crippen LogP contribution is 2.32. The van der Waals surface area contributed by atoms with Crippen LogP contribution in [0.5, 0.6) is 0 Å². The molecule has 5 nitrogen and oxygen atoms in total. The predicted molar refractivity (Wildman–Crippen MR) is 94.7 cm³/mol. The van der Waals surface area contributed by atoms with E-state index in [0.29, 0.717) is 17.5 Å². The molecular formula is C19H21ClN2O3. The fraction of sp³-hybridized carbons (Fsp3) is 0.474. The van der Waals surface area contributed by atoms with Crippen molar-refractivity contribution in [2.75, 3.05) is 0 Å². The second-order valence-corrected chi connectivity index (χ2v) is 7.47.